The smallest absolute Gasteiger partial charge is 0.132 e. The SMILES string of the molecule is OCc1ccnc(Nc2ccc3cccc(Cl)c3n2)c1. The van der Waals surface area contributed by atoms with Gasteiger partial charge in [0.1, 0.15) is 11.6 Å². The average molecular weight is 286 g/mol. The van der Waals surface area contributed by atoms with E-state index >= 15 is 0 Å². The van der Waals surface area contributed by atoms with Crippen molar-refractivity contribution in [3.63, 3.8) is 0 Å². The maximum absolute atomic E-state index is 9.12. The van der Waals surface area contributed by atoms with Gasteiger partial charge in [0, 0.05) is 11.6 Å². The van der Waals surface area contributed by atoms with Gasteiger partial charge in [-0.1, -0.05) is 23.7 Å². The molecule has 0 amide bonds. The third-order valence-corrected chi connectivity index (χ3v) is 3.24. The first-order valence-electron chi connectivity index (χ1n) is 6.14. The number of anilines is 2. The highest BCUT2D eigenvalue weighted by Crippen LogP contribution is 2.24. The predicted molar refractivity (Wildman–Crippen MR) is 80.2 cm³/mol. The molecule has 0 fully saturated rings. The van der Waals surface area contributed by atoms with Crippen molar-refractivity contribution in [3.05, 3.63) is 59.2 Å². The Hall–Kier alpha value is -2.17. The van der Waals surface area contributed by atoms with Crippen LogP contribution >= 0.6 is 11.6 Å². The van der Waals surface area contributed by atoms with Crippen molar-refractivity contribution >= 4 is 34.1 Å². The number of hydrogen-bond acceptors (Lipinski definition) is 4. The van der Waals surface area contributed by atoms with Crippen molar-refractivity contribution in [2.45, 2.75) is 6.61 Å². The molecule has 4 nitrogen and oxygen atoms in total. The number of aromatic nitrogens is 2. The lowest BCUT2D eigenvalue weighted by molar-refractivity contribution is 0.282. The molecule has 0 atom stereocenters. The summed E-state index contributed by atoms with van der Waals surface area (Å²) in [5.41, 5.74) is 1.54. The van der Waals surface area contributed by atoms with Crippen LogP contribution in [0.15, 0.2) is 48.7 Å². The van der Waals surface area contributed by atoms with Gasteiger partial charge in [-0.05, 0) is 35.9 Å². The number of pyridine rings is 2. The Morgan fingerprint density at radius 3 is 2.85 bits per heavy atom. The van der Waals surface area contributed by atoms with Crippen LogP contribution in [0.5, 0.6) is 0 Å². The maximum Gasteiger partial charge on any atom is 0.132 e. The van der Waals surface area contributed by atoms with E-state index in [1.165, 1.54) is 0 Å². The molecule has 0 unspecified atom stereocenters. The van der Waals surface area contributed by atoms with Crippen LogP contribution in [0.3, 0.4) is 0 Å². The minimum absolute atomic E-state index is 0.0197. The van der Waals surface area contributed by atoms with E-state index < -0.39 is 0 Å². The number of aliphatic hydroxyl groups excluding tert-OH is 1. The number of benzene rings is 1. The molecule has 0 spiro atoms. The molecule has 100 valence electrons. The van der Waals surface area contributed by atoms with Gasteiger partial charge >= 0.3 is 0 Å². The summed E-state index contributed by atoms with van der Waals surface area (Å²) < 4.78 is 0. The summed E-state index contributed by atoms with van der Waals surface area (Å²) in [5, 5.41) is 13.8. The van der Waals surface area contributed by atoms with E-state index in [4.69, 9.17) is 16.7 Å². The number of rotatable bonds is 3. The molecule has 20 heavy (non-hydrogen) atoms. The van der Waals surface area contributed by atoms with Crippen molar-refractivity contribution in [2.24, 2.45) is 0 Å². The van der Waals surface area contributed by atoms with Crippen molar-refractivity contribution in [1.29, 1.82) is 0 Å². The molecule has 2 heterocycles. The number of para-hydroxylation sites is 1. The summed E-state index contributed by atoms with van der Waals surface area (Å²) in [6.07, 6.45) is 1.64. The van der Waals surface area contributed by atoms with E-state index in [0.29, 0.717) is 16.7 Å². The van der Waals surface area contributed by atoms with Crippen molar-refractivity contribution in [3.8, 4) is 0 Å². The Kier molecular flexibility index (Phi) is 3.50. The number of nitrogens with zero attached hydrogens (tertiary/aromatic N) is 2. The van der Waals surface area contributed by atoms with E-state index in [0.717, 1.165) is 16.5 Å². The van der Waals surface area contributed by atoms with Crippen molar-refractivity contribution < 1.29 is 5.11 Å². The Bertz CT molecular complexity index is 761. The third kappa shape index (κ3) is 2.57. The molecular weight excluding hydrogens is 274 g/mol. The topological polar surface area (TPSA) is 58.0 Å². The first-order valence-corrected chi connectivity index (χ1v) is 6.52. The van der Waals surface area contributed by atoms with Gasteiger partial charge in [0.05, 0.1) is 17.1 Å². The third-order valence-electron chi connectivity index (χ3n) is 2.93. The lowest BCUT2D eigenvalue weighted by Crippen LogP contribution is -1.97. The molecule has 5 heteroatoms. The fraction of sp³-hybridized carbons (Fsp3) is 0.0667. The minimum atomic E-state index is -0.0197. The highest BCUT2D eigenvalue weighted by molar-refractivity contribution is 6.35. The summed E-state index contributed by atoms with van der Waals surface area (Å²) in [4.78, 5) is 8.67. The zero-order valence-electron chi connectivity index (χ0n) is 10.5. The van der Waals surface area contributed by atoms with Gasteiger partial charge in [0.15, 0.2) is 0 Å². The fourth-order valence-electron chi connectivity index (χ4n) is 1.95. The van der Waals surface area contributed by atoms with Crippen LogP contribution in [0.2, 0.25) is 5.02 Å². The molecule has 1 aromatic carbocycles. The Morgan fingerprint density at radius 2 is 2.00 bits per heavy atom. The highest BCUT2D eigenvalue weighted by Gasteiger charge is 2.03. The predicted octanol–water partition coefficient (Wildman–Crippen LogP) is 3.52. The lowest BCUT2D eigenvalue weighted by Gasteiger charge is -2.07. The largest absolute Gasteiger partial charge is 0.392 e. The van der Waals surface area contributed by atoms with E-state index in [-0.39, 0.29) is 6.61 Å². The number of hydrogen-bond donors (Lipinski definition) is 2. The molecule has 0 bridgehead atoms. The van der Waals surface area contributed by atoms with Gasteiger partial charge in [-0.2, -0.15) is 0 Å². The molecule has 3 rings (SSSR count). The fourth-order valence-corrected chi connectivity index (χ4v) is 2.18. The molecule has 0 saturated heterocycles. The highest BCUT2D eigenvalue weighted by atomic mass is 35.5. The second-order valence-electron chi connectivity index (χ2n) is 4.34. The molecule has 2 aromatic heterocycles. The second kappa shape index (κ2) is 5.45. The maximum atomic E-state index is 9.12. The van der Waals surface area contributed by atoms with Gasteiger partial charge in [0.25, 0.3) is 0 Å². The van der Waals surface area contributed by atoms with Gasteiger partial charge < -0.3 is 10.4 Å². The number of fused-ring (bicyclic) bond motifs is 1. The Balaban J connectivity index is 1.96. The van der Waals surface area contributed by atoms with Gasteiger partial charge in [-0.15, -0.1) is 0 Å². The molecule has 0 radical (unpaired) electrons. The number of nitrogens with one attached hydrogen (secondary N) is 1. The zero-order chi connectivity index (χ0) is 13.9. The van der Waals surface area contributed by atoms with Crippen LogP contribution < -0.4 is 5.32 Å². The van der Waals surface area contributed by atoms with Gasteiger partial charge in [-0.25, -0.2) is 9.97 Å². The van der Waals surface area contributed by atoms with Crippen LogP contribution in [0.25, 0.3) is 10.9 Å². The Labute approximate surface area is 121 Å². The molecule has 3 aromatic rings. The standard InChI is InChI=1S/C15H12ClN3O/c16-12-3-1-2-11-4-5-13(19-15(11)12)18-14-8-10(9-20)6-7-17-14/h1-8,20H,9H2,(H,17,18,19). The monoisotopic (exact) mass is 285 g/mol. The van der Waals surface area contributed by atoms with E-state index in [1.54, 1.807) is 18.3 Å². The minimum Gasteiger partial charge on any atom is -0.392 e. The quantitative estimate of drug-likeness (QED) is 0.773. The molecule has 0 aliphatic rings. The first kappa shape index (κ1) is 12.8. The number of aliphatic hydroxyl groups is 1. The molecule has 0 aliphatic heterocycles. The molecule has 0 aliphatic carbocycles. The molecule has 2 N–H and O–H groups in total. The summed E-state index contributed by atoms with van der Waals surface area (Å²) in [7, 11) is 0. The summed E-state index contributed by atoms with van der Waals surface area (Å²) >= 11 is 6.14. The normalized spacial score (nSPS) is 10.7. The lowest BCUT2D eigenvalue weighted by atomic mass is 10.2. The van der Waals surface area contributed by atoms with E-state index in [1.807, 2.05) is 30.3 Å². The van der Waals surface area contributed by atoms with Gasteiger partial charge in [0.2, 0.25) is 0 Å². The van der Waals surface area contributed by atoms with Crippen LogP contribution in [-0.4, -0.2) is 15.1 Å². The van der Waals surface area contributed by atoms with Crippen LogP contribution in [0.4, 0.5) is 11.6 Å². The van der Waals surface area contributed by atoms with Crippen molar-refractivity contribution in [1.82, 2.24) is 9.97 Å². The van der Waals surface area contributed by atoms with E-state index in [9.17, 15) is 0 Å². The van der Waals surface area contributed by atoms with Crippen molar-refractivity contribution in [2.75, 3.05) is 5.32 Å². The van der Waals surface area contributed by atoms with Crippen LogP contribution in [0, 0.1) is 0 Å². The zero-order valence-corrected chi connectivity index (χ0v) is 11.3. The summed E-state index contributed by atoms with van der Waals surface area (Å²) in [6, 6.07) is 13.0. The van der Waals surface area contributed by atoms with Crippen LogP contribution in [0.1, 0.15) is 5.56 Å². The summed E-state index contributed by atoms with van der Waals surface area (Å²) in [6.45, 7) is -0.0197. The Morgan fingerprint density at radius 1 is 1.10 bits per heavy atom. The van der Waals surface area contributed by atoms with E-state index in [2.05, 4.69) is 15.3 Å². The average Bonchev–Trinajstić information content (AvgIpc) is 2.48. The van der Waals surface area contributed by atoms with Gasteiger partial charge in [-0.3, -0.25) is 0 Å². The second-order valence-corrected chi connectivity index (χ2v) is 4.75. The van der Waals surface area contributed by atoms with Crippen LogP contribution in [-0.2, 0) is 6.61 Å². The molecule has 0 saturated carbocycles. The summed E-state index contributed by atoms with van der Waals surface area (Å²) in [5.74, 6) is 1.30. The number of halogens is 1. The first-order chi connectivity index (χ1) is 9.76. The molecular formula is C15H12ClN3O.